The molecule has 0 aliphatic heterocycles. The van der Waals surface area contributed by atoms with Crippen LogP contribution in [0.15, 0.2) is 4.52 Å². The number of carboxylic acid groups (broad SMARTS) is 1. The second-order valence-corrected chi connectivity index (χ2v) is 4.34. The number of carboxylic acids is 1. The van der Waals surface area contributed by atoms with E-state index in [1.165, 1.54) is 0 Å². The van der Waals surface area contributed by atoms with Crippen LogP contribution in [0.5, 0.6) is 0 Å². The molecule has 0 saturated heterocycles. The summed E-state index contributed by atoms with van der Waals surface area (Å²) in [6.45, 7) is 4.15. The third-order valence-electron chi connectivity index (χ3n) is 2.43. The lowest BCUT2D eigenvalue weighted by Gasteiger charge is -2.11. The number of urea groups is 1. The van der Waals surface area contributed by atoms with Gasteiger partial charge in [0.25, 0.3) is 0 Å². The van der Waals surface area contributed by atoms with E-state index in [9.17, 15) is 9.59 Å². The van der Waals surface area contributed by atoms with Gasteiger partial charge in [-0.2, -0.15) is 4.98 Å². The molecule has 1 atom stereocenters. The maximum absolute atomic E-state index is 11.4. The van der Waals surface area contributed by atoms with Crippen LogP contribution in [0.3, 0.4) is 0 Å². The van der Waals surface area contributed by atoms with Gasteiger partial charge in [0.2, 0.25) is 5.89 Å². The minimum atomic E-state index is -0.830. The fraction of sp³-hybridized carbons (Fsp3) is 0.636. The van der Waals surface area contributed by atoms with Crippen LogP contribution >= 0.6 is 0 Å². The predicted octanol–water partition coefficient (Wildman–Crippen LogP) is 0.678. The molecule has 1 unspecified atom stereocenters. The summed E-state index contributed by atoms with van der Waals surface area (Å²) in [5.74, 6) is 0.127. The fourth-order valence-electron chi connectivity index (χ4n) is 1.37. The van der Waals surface area contributed by atoms with Crippen LogP contribution in [-0.4, -0.2) is 33.8 Å². The lowest BCUT2D eigenvalue weighted by Crippen LogP contribution is -2.37. The largest absolute Gasteiger partial charge is 0.481 e. The molecule has 0 fully saturated rings. The van der Waals surface area contributed by atoms with Gasteiger partial charge in [-0.25, -0.2) is 4.79 Å². The Balaban J connectivity index is 2.15. The topological polar surface area (TPSA) is 117 Å². The molecule has 1 aromatic heterocycles. The molecule has 0 spiro atoms. The number of carbonyl (C=O) groups is 2. The molecule has 19 heavy (non-hydrogen) atoms. The Morgan fingerprint density at radius 1 is 1.42 bits per heavy atom. The van der Waals surface area contributed by atoms with Crippen molar-refractivity contribution in [1.82, 2.24) is 20.8 Å². The molecule has 8 nitrogen and oxygen atoms in total. The highest BCUT2D eigenvalue weighted by Crippen LogP contribution is 2.03. The van der Waals surface area contributed by atoms with E-state index in [0.717, 1.165) is 0 Å². The van der Waals surface area contributed by atoms with Crippen molar-refractivity contribution in [3.8, 4) is 0 Å². The highest BCUT2D eigenvalue weighted by molar-refractivity contribution is 5.73. The molecule has 106 valence electrons. The van der Waals surface area contributed by atoms with Crippen LogP contribution in [0, 0.1) is 12.8 Å². The molecule has 0 aliphatic carbocycles. The van der Waals surface area contributed by atoms with Gasteiger partial charge in [-0.1, -0.05) is 12.1 Å². The van der Waals surface area contributed by atoms with E-state index in [4.69, 9.17) is 9.63 Å². The van der Waals surface area contributed by atoms with E-state index in [2.05, 4.69) is 20.8 Å². The SMILES string of the molecule is Cc1noc(CNC(=O)NCC(C)CCC(=O)O)n1. The average molecular weight is 270 g/mol. The van der Waals surface area contributed by atoms with E-state index in [0.29, 0.717) is 24.7 Å². The second-order valence-electron chi connectivity index (χ2n) is 4.34. The first-order chi connectivity index (χ1) is 8.97. The molecule has 0 radical (unpaired) electrons. The number of aliphatic carboxylic acids is 1. The number of aryl methyl sites for hydroxylation is 1. The monoisotopic (exact) mass is 270 g/mol. The van der Waals surface area contributed by atoms with Crippen molar-refractivity contribution in [3.63, 3.8) is 0 Å². The van der Waals surface area contributed by atoms with Gasteiger partial charge in [0.05, 0.1) is 6.54 Å². The Hall–Kier alpha value is -2.12. The lowest BCUT2D eigenvalue weighted by atomic mass is 10.1. The number of carbonyl (C=O) groups excluding carboxylic acids is 1. The zero-order valence-corrected chi connectivity index (χ0v) is 11.0. The molecular formula is C11H18N4O4. The van der Waals surface area contributed by atoms with Crippen LogP contribution in [0.4, 0.5) is 4.79 Å². The summed E-state index contributed by atoms with van der Waals surface area (Å²) in [4.78, 5) is 25.8. The number of amides is 2. The quantitative estimate of drug-likeness (QED) is 0.670. The Kier molecular flexibility index (Phi) is 5.77. The van der Waals surface area contributed by atoms with Gasteiger partial charge < -0.3 is 20.3 Å². The molecule has 1 heterocycles. The van der Waals surface area contributed by atoms with Gasteiger partial charge in [0.1, 0.15) is 0 Å². The molecule has 0 aromatic carbocycles. The summed E-state index contributed by atoms with van der Waals surface area (Å²) in [5.41, 5.74) is 0. The summed E-state index contributed by atoms with van der Waals surface area (Å²) < 4.78 is 4.84. The van der Waals surface area contributed by atoms with E-state index in [-0.39, 0.29) is 24.9 Å². The van der Waals surface area contributed by atoms with Crippen LogP contribution in [0.25, 0.3) is 0 Å². The fourth-order valence-corrected chi connectivity index (χ4v) is 1.37. The van der Waals surface area contributed by atoms with Crippen molar-refractivity contribution in [2.45, 2.75) is 33.2 Å². The number of hydrogen-bond donors (Lipinski definition) is 3. The predicted molar refractivity (Wildman–Crippen MR) is 65.3 cm³/mol. The first kappa shape index (κ1) is 14.9. The van der Waals surface area contributed by atoms with Crippen LogP contribution in [0.2, 0.25) is 0 Å². The van der Waals surface area contributed by atoms with E-state index < -0.39 is 5.97 Å². The highest BCUT2D eigenvalue weighted by Gasteiger charge is 2.09. The molecule has 8 heteroatoms. The first-order valence-corrected chi connectivity index (χ1v) is 6.00. The molecule has 3 N–H and O–H groups in total. The zero-order valence-electron chi connectivity index (χ0n) is 11.0. The van der Waals surface area contributed by atoms with Crippen LogP contribution < -0.4 is 10.6 Å². The van der Waals surface area contributed by atoms with Gasteiger partial charge >= 0.3 is 12.0 Å². The van der Waals surface area contributed by atoms with Crippen LogP contribution in [-0.2, 0) is 11.3 Å². The van der Waals surface area contributed by atoms with Gasteiger partial charge in [-0.05, 0) is 19.3 Å². The highest BCUT2D eigenvalue weighted by atomic mass is 16.5. The maximum Gasteiger partial charge on any atom is 0.315 e. The molecule has 0 bridgehead atoms. The number of nitrogens with one attached hydrogen (secondary N) is 2. The molecular weight excluding hydrogens is 252 g/mol. The van der Waals surface area contributed by atoms with Crippen molar-refractivity contribution >= 4 is 12.0 Å². The minimum Gasteiger partial charge on any atom is -0.481 e. The Morgan fingerprint density at radius 3 is 2.74 bits per heavy atom. The normalized spacial score (nSPS) is 11.9. The van der Waals surface area contributed by atoms with Crippen molar-refractivity contribution in [2.75, 3.05) is 6.54 Å². The molecule has 1 aromatic rings. The minimum absolute atomic E-state index is 0.103. The van der Waals surface area contributed by atoms with Crippen LogP contribution in [0.1, 0.15) is 31.5 Å². The van der Waals surface area contributed by atoms with Crippen molar-refractivity contribution < 1.29 is 19.2 Å². The Bertz CT molecular complexity index is 432. The van der Waals surface area contributed by atoms with Crippen molar-refractivity contribution in [2.24, 2.45) is 5.92 Å². The molecule has 2 amide bonds. The lowest BCUT2D eigenvalue weighted by molar-refractivity contribution is -0.137. The number of hydrogen-bond acceptors (Lipinski definition) is 5. The van der Waals surface area contributed by atoms with Gasteiger partial charge in [0, 0.05) is 13.0 Å². The third kappa shape index (κ3) is 6.39. The second kappa shape index (κ2) is 7.34. The van der Waals surface area contributed by atoms with Crippen molar-refractivity contribution in [3.05, 3.63) is 11.7 Å². The van der Waals surface area contributed by atoms with Gasteiger partial charge in [-0.3, -0.25) is 4.79 Å². The summed E-state index contributed by atoms with van der Waals surface area (Å²) in [6, 6.07) is -0.349. The summed E-state index contributed by atoms with van der Waals surface area (Å²) >= 11 is 0. The standard InChI is InChI=1S/C11H18N4O4/c1-7(3-4-10(16)17)5-12-11(18)13-6-9-14-8(2)15-19-9/h7H,3-6H2,1-2H3,(H,16,17)(H2,12,13,18). The van der Waals surface area contributed by atoms with E-state index >= 15 is 0 Å². The van der Waals surface area contributed by atoms with Gasteiger partial charge in [-0.15, -0.1) is 0 Å². The Labute approximate surface area is 110 Å². The number of aromatic nitrogens is 2. The number of nitrogens with zero attached hydrogens (tertiary/aromatic N) is 2. The van der Waals surface area contributed by atoms with E-state index in [1.54, 1.807) is 6.92 Å². The molecule has 1 rings (SSSR count). The maximum atomic E-state index is 11.4. The summed E-state index contributed by atoms with van der Waals surface area (Å²) in [5, 5.41) is 17.3. The van der Waals surface area contributed by atoms with Crippen molar-refractivity contribution in [1.29, 1.82) is 0 Å². The summed E-state index contributed by atoms with van der Waals surface area (Å²) in [7, 11) is 0. The third-order valence-corrected chi connectivity index (χ3v) is 2.43. The Morgan fingerprint density at radius 2 is 2.16 bits per heavy atom. The summed E-state index contributed by atoms with van der Waals surface area (Å²) in [6.07, 6.45) is 0.629. The number of rotatable bonds is 7. The smallest absolute Gasteiger partial charge is 0.315 e. The average Bonchev–Trinajstić information content (AvgIpc) is 2.77. The molecule has 0 aliphatic rings. The molecule has 0 saturated carbocycles. The van der Waals surface area contributed by atoms with E-state index in [1.807, 2.05) is 6.92 Å². The first-order valence-electron chi connectivity index (χ1n) is 6.00. The van der Waals surface area contributed by atoms with Gasteiger partial charge in [0.15, 0.2) is 5.82 Å². The zero-order chi connectivity index (χ0) is 14.3.